The van der Waals surface area contributed by atoms with E-state index in [0.29, 0.717) is 6.54 Å². The van der Waals surface area contributed by atoms with E-state index in [1.807, 2.05) is 12.3 Å². The molecule has 2 amide bonds. The van der Waals surface area contributed by atoms with E-state index in [4.69, 9.17) is 0 Å². The largest absolute Gasteiger partial charge is 0.338 e. The van der Waals surface area contributed by atoms with Crippen molar-refractivity contribution in [3.63, 3.8) is 0 Å². The molecule has 1 aromatic carbocycles. The normalized spacial score (nSPS) is 23.2. The van der Waals surface area contributed by atoms with Crippen molar-refractivity contribution in [2.24, 2.45) is 0 Å². The van der Waals surface area contributed by atoms with E-state index in [2.05, 4.69) is 44.8 Å². The first kappa shape index (κ1) is 15.4. The predicted octanol–water partition coefficient (Wildman–Crippen LogP) is 2.31. The van der Waals surface area contributed by atoms with Crippen LogP contribution in [-0.2, 0) is 6.42 Å². The van der Waals surface area contributed by atoms with Crippen molar-refractivity contribution in [1.29, 1.82) is 0 Å². The van der Waals surface area contributed by atoms with E-state index < -0.39 is 0 Å². The number of para-hydroxylation sites is 1. The molecule has 0 aliphatic carbocycles. The monoisotopic (exact) mass is 324 g/mol. The van der Waals surface area contributed by atoms with Gasteiger partial charge in [-0.2, -0.15) is 0 Å². The molecule has 24 heavy (non-hydrogen) atoms. The van der Waals surface area contributed by atoms with Crippen molar-refractivity contribution in [2.45, 2.75) is 31.2 Å². The first-order chi connectivity index (χ1) is 11.8. The van der Waals surface area contributed by atoms with Crippen LogP contribution in [-0.4, -0.2) is 47.6 Å². The summed E-state index contributed by atoms with van der Waals surface area (Å²) in [5, 5.41) is 7.68. The van der Waals surface area contributed by atoms with Crippen LogP contribution in [0.5, 0.6) is 0 Å². The summed E-state index contributed by atoms with van der Waals surface area (Å²) in [6.45, 7) is 3.48. The Kier molecular flexibility index (Phi) is 4.10. The zero-order chi connectivity index (χ0) is 16.4. The minimum atomic E-state index is 0.0606. The molecule has 2 aliphatic rings. The van der Waals surface area contributed by atoms with Crippen molar-refractivity contribution < 1.29 is 4.79 Å². The highest BCUT2D eigenvalue weighted by atomic mass is 16.2. The van der Waals surface area contributed by atoms with E-state index in [-0.39, 0.29) is 11.6 Å². The molecule has 126 valence electrons. The van der Waals surface area contributed by atoms with E-state index in [9.17, 15) is 4.79 Å². The van der Waals surface area contributed by atoms with Crippen LogP contribution in [0.1, 0.15) is 24.8 Å². The first-order valence-electron chi connectivity index (χ1n) is 8.87. The van der Waals surface area contributed by atoms with Crippen LogP contribution in [0.4, 0.5) is 4.79 Å². The molecule has 2 aliphatic heterocycles. The number of pyridine rings is 1. The molecule has 1 spiro atoms. The smallest absolute Gasteiger partial charge is 0.317 e. The Bertz CT molecular complexity index is 728. The summed E-state index contributed by atoms with van der Waals surface area (Å²) in [6, 6.07) is 10.3. The van der Waals surface area contributed by atoms with Crippen molar-refractivity contribution >= 4 is 16.9 Å². The number of likely N-dealkylation sites (tertiary alicyclic amines) is 1. The Morgan fingerprint density at radius 3 is 3.08 bits per heavy atom. The van der Waals surface area contributed by atoms with Gasteiger partial charge < -0.3 is 15.5 Å². The number of benzene rings is 1. The minimum Gasteiger partial charge on any atom is -0.338 e. The Morgan fingerprint density at radius 2 is 2.21 bits per heavy atom. The van der Waals surface area contributed by atoms with Gasteiger partial charge in [0.1, 0.15) is 0 Å². The summed E-state index contributed by atoms with van der Waals surface area (Å²) in [5.41, 5.74) is 2.28. The number of carbonyl (C=O) groups is 1. The lowest BCUT2D eigenvalue weighted by molar-refractivity contribution is 0.156. The molecular formula is C19H24N4O. The number of hydrogen-bond donors (Lipinski definition) is 2. The summed E-state index contributed by atoms with van der Waals surface area (Å²) in [7, 11) is 0. The van der Waals surface area contributed by atoms with E-state index in [1.54, 1.807) is 0 Å². The Labute approximate surface area is 142 Å². The van der Waals surface area contributed by atoms with Gasteiger partial charge in [0.15, 0.2) is 0 Å². The van der Waals surface area contributed by atoms with Crippen molar-refractivity contribution in [1.82, 2.24) is 20.5 Å². The summed E-state index contributed by atoms with van der Waals surface area (Å²) in [6.07, 6.45) is 5.95. The highest BCUT2D eigenvalue weighted by Crippen LogP contribution is 2.34. The van der Waals surface area contributed by atoms with E-state index >= 15 is 0 Å². The fourth-order valence-electron chi connectivity index (χ4n) is 4.20. The number of rotatable bonds is 3. The van der Waals surface area contributed by atoms with Gasteiger partial charge in [0.25, 0.3) is 0 Å². The number of amides is 2. The van der Waals surface area contributed by atoms with Crippen LogP contribution in [0.2, 0.25) is 0 Å². The molecule has 1 atom stereocenters. The van der Waals surface area contributed by atoms with E-state index in [1.165, 1.54) is 5.56 Å². The Balaban J connectivity index is 1.39. The molecule has 2 aromatic rings. The first-order valence-corrected chi connectivity index (χ1v) is 8.87. The lowest BCUT2D eigenvalue weighted by Gasteiger charge is -2.34. The van der Waals surface area contributed by atoms with Gasteiger partial charge in [0, 0.05) is 31.2 Å². The number of nitrogens with one attached hydrogen (secondary N) is 2. The second kappa shape index (κ2) is 6.40. The molecule has 0 radical (unpaired) electrons. The summed E-state index contributed by atoms with van der Waals surface area (Å²) >= 11 is 0. The molecule has 2 N–H and O–H groups in total. The molecule has 5 nitrogen and oxygen atoms in total. The second-order valence-corrected chi connectivity index (χ2v) is 6.88. The maximum Gasteiger partial charge on any atom is 0.317 e. The molecule has 1 aromatic heterocycles. The number of nitrogens with zero attached hydrogens (tertiary/aromatic N) is 2. The summed E-state index contributed by atoms with van der Waals surface area (Å²) in [4.78, 5) is 19.2. The van der Waals surface area contributed by atoms with Gasteiger partial charge in [-0.15, -0.1) is 0 Å². The standard InChI is InChI=1S/C19H24N4O/c24-18(23-13-3-8-19(23)9-12-20-14-19)22-11-7-16-5-1-4-15-6-2-10-21-17(15)16/h1-2,4-6,10,20H,3,7-9,11-14H2,(H,22,24). The van der Waals surface area contributed by atoms with Crippen molar-refractivity contribution in [2.75, 3.05) is 26.2 Å². The lowest BCUT2D eigenvalue weighted by atomic mass is 9.95. The van der Waals surface area contributed by atoms with Gasteiger partial charge in [-0.3, -0.25) is 4.98 Å². The van der Waals surface area contributed by atoms with Crippen LogP contribution < -0.4 is 10.6 Å². The molecule has 3 heterocycles. The van der Waals surface area contributed by atoms with Gasteiger partial charge >= 0.3 is 6.03 Å². The third-order valence-electron chi connectivity index (χ3n) is 5.45. The zero-order valence-corrected chi connectivity index (χ0v) is 13.9. The maximum absolute atomic E-state index is 12.6. The third kappa shape index (κ3) is 2.73. The molecule has 5 heteroatoms. The van der Waals surface area contributed by atoms with E-state index in [0.717, 1.165) is 56.2 Å². The Morgan fingerprint density at radius 1 is 1.29 bits per heavy atom. The SMILES string of the molecule is O=C(NCCc1cccc2cccnc12)N1CCCC12CCNC2. The topological polar surface area (TPSA) is 57.3 Å². The second-order valence-electron chi connectivity index (χ2n) is 6.88. The van der Waals surface area contributed by atoms with Gasteiger partial charge in [-0.1, -0.05) is 24.3 Å². The van der Waals surface area contributed by atoms with Crippen LogP contribution in [0.3, 0.4) is 0 Å². The van der Waals surface area contributed by atoms with Gasteiger partial charge in [-0.25, -0.2) is 4.79 Å². The summed E-state index contributed by atoms with van der Waals surface area (Å²) in [5.74, 6) is 0. The highest BCUT2D eigenvalue weighted by Gasteiger charge is 2.45. The molecule has 0 saturated carbocycles. The number of aromatic nitrogens is 1. The molecule has 2 saturated heterocycles. The lowest BCUT2D eigenvalue weighted by Crippen LogP contribution is -2.52. The predicted molar refractivity (Wildman–Crippen MR) is 95.0 cm³/mol. The van der Waals surface area contributed by atoms with Crippen molar-refractivity contribution in [3.05, 3.63) is 42.1 Å². The average Bonchev–Trinajstić information content (AvgIpc) is 3.25. The van der Waals surface area contributed by atoms with Crippen LogP contribution in [0.15, 0.2) is 36.5 Å². The van der Waals surface area contributed by atoms with Gasteiger partial charge in [0.2, 0.25) is 0 Å². The maximum atomic E-state index is 12.6. The molecule has 1 unspecified atom stereocenters. The number of fused-ring (bicyclic) bond motifs is 1. The minimum absolute atomic E-state index is 0.0606. The molecule has 4 rings (SSSR count). The van der Waals surface area contributed by atoms with Crippen LogP contribution in [0, 0.1) is 0 Å². The van der Waals surface area contributed by atoms with Crippen LogP contribution in [0.25, 0.3) is 10.9 Å². The van der Waals surface area contributed by atoms with Gasteiger partial charge in [0.05, 0.1) is 11.1 Å². The quantitative estimate of drug-likeness (QED) is 0.911. The Hall–Kier alpha value is -2.14. The van der Waals surface area contributed by atoms with Crippen molar-refractivity contribution in [3.8, 4) is 0 Å². The third-order valence-corrected chi connectivity index (χ3v) is 5.45. The zero-order valence-electron chi connectivity index (χ0n) is 13.9. The van der Waals surface area contributed by atoms with Gasteiger partial charge in [-0.05, 0) is 43.9 Å². The fourth-order valence-corrected chi connectivity index (χ4v) is 4.20. The fraction of sp³-hybridized carbons (Fsp3) is 0.474. The number of hydrogen-bond acceptors (Lipinski definition) is 3. The summed E-state index contributed by atoms with van der Waals surface area (Å²) < 4.78 is 0. The molecular weight excluding hydrogens is 300 g/mol. The highest BCUT2D eigenvalue weighted by molar-refractivity contribution is 5.81. The van der Waals surface area contributed by atoms with Crippen LogP contribution >= 0.6 is 0 Å². The molecule has 0 bridgehead atoms. The number of urea groups is 1. The average molecular weight is 324 g/mol. The molecule has 2 fully saturated rings. The number of carbonyl (C=O) groups excluding carboxylic acids is 1.